The van der Waals surface area contributed by atoms with Crippen molar-refractivity contribution in [2.75, 3.05) is 18.6 Å². The van der Waals surface area contributed by atoms with Crippen molar-refractivity contribution < 1.29 is 14.3 Å². The molecule has 1 heterocycles. The van der Waals surface area contributed by atoms with E-state index in [9.17, 15) is 4.79 Å². The molecule has 6 heteroatoms. The van der Waals surface area contributed by atoms with E-state index >= 15 is 0 Å². The van der Waals surface area contributed by atoms with E-state index in [1.165, 1.54) is 54.6 Å². The first-order valence-corrected chi connectivity index (χ1v) is 13.6. The predicted octanol–water partition coefficient (Wildman–Crippen LogP) is 6.78. The smallest absolute Gasteiger partial charge is 0.414 e. The number of carbonyl (C=O) groups excluding carboxylic acids is 1. The molecule has 0 atom stereocenters. The second kappa shape index (κ2) is 9.81. The Bertz CT molecular complexity index is 1220. The summed E-state index contributed by atoms with van der Waals surface area (Å²) in [4.78, 5) is 22.1. The van der Waals surface area contributed by atoms with Gasteiger partial charge in [0.15, 0.2) is 5.82 Å². The number of nitrogens with zero attached hydrogens (tertiary/aromatic N) is 3. The second-order valence-electron chi connectivity index (χ2n) is 11.2. The van der Waals surface area contributed by atoms with Crippen LogP contribution >= 0.6 is 0 Å². The van der Waals surface area contributed by atoms with Crippen molar-refractivity contribution in [3.8, 4) is 17.1 Å². The Hall–Kier alpha value is -3.41. The average molecular weight is 498 g/mol. The minimum Gasteiger partial charge on any atom is -0.489 e. The number of hydrogen-bond donors (Lipinski definition) is 0. The molecule has 0 radical (unpaired) electrons. The molecule has 4 bridgehead atoms. The number of anilines is 1. The maximum absolute atomic E-state index is 11.9. The Morgan fingerprint density at radius 3 is 2.24 bits per heavy atom. The van der Waals surface area contributed by atoms with Gasteiger partial charge < -0.3 is 9.47 Å². The molecule has 6 nitrogen and oxygen atoms in total. The van der Waals surface area contributed by atoms with Crippen LogP contribution in [-0.2, 0) is 16.8 Å². The maximum Gasteiger partial charge on any atom is 0.414 e. The molecule has 4 aliphatic rings. The summed E-state index contributed by atoms with van der Waals surface area (Å²) in [6, 6.07) is 17.0. The Kier molecular flexibility index (Phi) is 6.35. The molecule has 0 N–H and O–H groups in total. The van der Waals surface area contributed by atoms with E-state index in [1.807, 2.05) is 24.3 Å². The molecule has 4 aliphatic carbocycles. The van der Waals surface area contributed by atoms with Crippen LogP contribution in [-0.4, -0.2) is 29.7 Å². The van der Waals surface area contributed by atoms with Gasteiger partial charge in [-0.2, -0.15) is 0 Å². The van der Waals surface area contributed by atoms with Crippen LogP contribution in [0.1, 0.15) is 56.6 Å². The highest BCUT2D eigenvalue weighted by molar-refractivity contribution is 5.86. The minimum absolute atomic E-state index is 0.323. The Labute approximate surface area is 219 Å². The number of ether oxygens (including phenoxy) is 2. The SMILES string of the molecule is CCOC(=O)N(C)c1cnc(-c2ccc(OCc3cccc(C45CC6CC(CC(C6)C4)C5)c3)cc2)nc1. The molecular formula is C31H35N3O3. The zero-order valence-corrected chi connectivity index (χ0v) is 21.7. The van der Waals surface area contributed by atoms with Crippen LogP contribution in [0.25, 0.3) is 11.4 Å². The lowest BCUT2D eigenvalue weighted by Gasteiger charge is -2.57. The quantitative estimate of drug-likeness (QED) is 0.360. The molecule has 192 valence electrons. The Morgan fingerprint density at radius 2 is 1.62 bits per heavy atom. The standard InChI is InChI=1S/C31H35N3O3/c1-3-36-30(35)34(2)27-18-32-29(33-19-27)25-7-9-28(10-8-25)37-20-21-5-4-6-26(14-21)31-15-22-11-23(16-31)13-24(12-22)17-31/h4-10,14,18-19,22-24H,3,11-13,15-17,20H2,1-2H3. The molecule has 0 aliphatic heterocycles. The monoisotopic (exact) mass is 497 g/mol. The van der Waals surface area contributed by atoms with Crippen LogP contribution in [0.3, 0.4) is 0 Å². The van der Waals surface area contributed by atoms with Gasteiger partial charge in [0.25, 0.3) is 0 Å². The topological polar surface area (TPSA) is 64.5 Å². The summed E-state index contributed by atoms with van der Waals surface area (Å²) in [5.41, 5.74) is 4.66. The molecular weight excluding hydrogens is 462 g/mol. The van der Waals surface area contributed by atoms with Gasteiger partial charge in [0.1, 0.15) is 12.4 Å². The van der Waals surface area contributed by atoms with E-state index in [2.05, 4.69) is 34.2 Å². The lowest BCUT2D eigenvalue weighted by molar-refractivity contribution is -0.00524. The normalized spacial score (nSPS) is 25.6. The molecule has 0 saturated heterocycles. The second-order valence-corrected chi connectivity index (χ2v) is 11.2. The average Bonchev–Trinajstić information content (AvgIpc) is 2.91. The van der Waals surface area contributed by atoms with E-state index in [0.717, 1.165) is 29.1 Å². The van der Waals surface area contributed by atoms with Crippen LogP contribution in [0, 0.1) is 17.8 Å². The molecule has 3 aromatic rings. The van der Waals surface area contributed by atoms with Crippen molar-refractivity contribution in [3.05, 3.63) is 72.1 Å². The van der Waals surface area contributed by atoms with Crippen LogP contribution < -0.4 is 9.64 Å². The Morgan fingerprint density at radius 1 is 0.973 bits per heavy atom. The molecule has 1 aromatic heterocycles. The summed E-state index contributed by atoms with van der Waals surface area (Å²) in [5.74, 6) is 4.26. The van der Waals surface area contributed by atoms with Gasteiger partial charge in [-0.1, -0.05) is 24.3 Å². The fourth-order valence-corrected chi connectivity index (χ4v) is 7.29. The lowest BCUT2D eigenvalue weighted by atomic mass is 9.48. The van der Waals surface area contributed by atoms with Crippen LogP contribution in [0.15, 0.2) is 60.9 Å². The zero-order valence-electron chi connectivity index (χ0n) is 21.7. The number of rotatable bonds is 7. The number of benzene rings is 2. The van der Waals surface area contributed by atoms with Gasteiger partial charge in [-0.15, -0.1) is 0 Å². The lowest BCUT2D eigenvalue weighted by Crippen LogP contribution is -2.48. The predicted molar refractivity (Wildman–Crippen MR) is 144 cm³/mol. The Balaban J connectivity index is 1.09. The molecule has 37 heavy (non-hydrogen) atoms. The molecule has 0 unspecified atom stereocenters. The first-order chi connectivity index (χ1) is 18.0. The van der Waals surface area contributed by atoms with Crippen molar-refractivity contribution in [1.29, 1.82) is 0 Å². The fraction of sp³-hybridized carbons (Fsp3) is 0.452. The van der Waals surface area contributed by atoms with Crippen LogP contribution in [0.4, 0.5) is 10.5 Å². The third-order valence-corrected chi connectivity index (χ3v) is 8.66. The van der Waals surface area contributed by atoms with Gasteiger partial charge >= 0.3 is 6.09 Å². The molecule has 7 rings (SSSR count). The maximum atomic E-state index is 11.9. The van der Waals surface area contributed by atoms with E-state index in [-0.39, 0.29) is 0 Å². The van der Waals surface area contributed by atoms with Crippen molar-refractivity contribution in [1.82, 2.24) is 9.97 Å². The first-order valence-electron chi connectivity index (χ1n) is 13.6. The summed E-state index contributed by atoms with van der Waals surface area (Å²) < 4.78 is 11.2. The summed E-state index contributed by atoms with van der Waals surface area (Å²) in [6.07, 6.45) is 11.4. The zero-order chi connectivity index (χ0) is 25.4. The van der Waals surface area contributed by atoms with Crippen LogP contribution in [0.5, 0.6) is 5.75 Å². The molecule has 4 fully saturated rings. The van der Waals surface area contributed by atoms with Gasteiger partial charge in [0, 0.05) is 12.6 Å². The summed E-state index contributed by atoms with van der Waals surface area (Å²) >= 11 is 0. The summed E-state index contributed by atoms with van der Waals surface area (Å²) in [6.45, 7) is 2.66. The van der Waals surface area contributed by atoms with E-state index < -0.39 is 6.09 Å². The van der Waals surface area contributed by atoms with Crippen molar-refractivity contribution in [2.45, 2.75) is 57.5 Å². The molecule has 1 amide bonds. The largest absolute Gasteiger partial charge is 0.489 e. The first kappa shape index (κ1) is 24.0. The van der Waals surface area contributed by atoms with E-state index in [0.29, 0.717) is 30.1 Å². The van der Waals surface area contributed by atoms with E-state index in [4.69, 9.17) is 9.47 Å². The number of carbonyl (C=O) groups is 1. The van der Waals surface area contributed by atoms with Gasteiger partial charge in [-0.05, 0) is 104 Å². The summed E-state index contributed by atoms with van der Waals surface area (Å²) in [5, 5.41) is 0. The number of amides is 1. The van der Waals surface area contributed by atoms with Crippen molar-refractivity contribution in [3.63, 3.8) is 0 Å². The third-order valence-electron chi connectivity index (χ3n) is 8.66. The highest BCUT2D eigenvalue weighted by atomic mass is 16.6. The number of hydrogen-bond acceptors (Lipinski definition) is 5. The van der Waals surface area contributed by atoms with Crippen molar-refractivity contribution in [2.24, 2.45) is 17.8 Å². The van der Waals surface area contributed by atoms with Crippen LogP contribution in [0.2, 0.25) is 0 Å². The highest BCUT2D eigenvalue weighted by Crippen LogP contribution is 2.60. The molecule has 2 aromatic carbocycles. The van der Waals surface area contributed by atoms with Gasteiger partial charge in [0.2, 0.25) is 0 Å². The molecule has 0 spiro atoms. The molecule has 4 saturated carbocycles. The van der Waals surface area contributed by atoms with Gasteiger partial charge in [0.05, 0.1) is 24.7 Å². The fourth-order valence-electron chi connectivity index (χ4n) is 7.29. The van der Waals surface area contributed by atoms with Crippen molar-refractivity contribution >= 4 is 11.8 Å². The highest BCUT2D eigenvalue weighted by Gasteiger charge is 2.51. The third kappa shape index (κ3) is 4.81. The van der Waals surface area contributed by atoms with Gasteiger partial charge in [-0.3, -0.25) is 4.90 Å². The minimum atomic E-state index is -0.427. The van der Waals surface area contributed by atoms with Gasteiger partial charge in [-0.25, -0.2) is 14.8 Å². The number of aromatic nitrogens is 2. The van der Waals surface area contributed by atoms with E-state index in [1.54, 1.807) is 26.4 Å². The summed E-state index contributed by atoms with van der Waals surface area (Å²) in [7, 11) is 1.64.